The van der Waals surface area contributed by atoms with Gasteiger partial charge in [-0.3, -0.25) is 18.9 Å². The number of carbonyl (C=O) groups is 1. The van der Waals surface area contributed by atoms with Crippen molar-refractivity contribution in [2.45, 2.75) is 64.0 Å². The standard InChI is InChI=1S/C38H26F16NO12P/c39-22-9-20(1-5-26(22)55-35(43,44)45)16-61-68(58,62-17-21-4-8-29(25(42)12-21)66-38(52,53)54)67-30(13-56)31-32(59-14-18-2-6-27(23(40)10-18)64-36(46,47)48)33(34(57)63-31)60-15-19-3-7-28(24(41)11-19)65-37(49,50)51/h1-12,30-31,55-56H,13-17H2. The number of halogens is 16. The molecule has 0 bridgehead atoms. The third kappa shape index (κ3) is 15.7. The number of esters is 1. The van der Waals surface area contributed by atoms with Crippen LogP contribution in [0.2, 0.25) is 0 Å². The Balaban J connectivity index is 1.47. The molecule has 0 fully saturated rings. The molecule has 0 spiro atoms. The number of aliphatic hydroxyl groups excluding tert-OH is 1. The molecule has 1 aliphatic heterocycles. The smallest absolute Gasteiger partial charge is 0.485 e. The van der Waals surface area contributed by atoms with E-state index in [0.717, 1.165) is 29.6 Å². The first-order valence-electron chi connectivity index (χ1n) is 18.1. The molecular weight excluding hydrogens is 997 g/mol. The predicted octanol–water partition coefficient (Wildman–Crippen LogP) is 10.7. The SMILES string of the molecule is O=C1OC(C(CO)OP(=O)(OCc2ccc(NC(F)(F)F)c(F)c2)OCc2ccc(OC(F)(F)F)c(F)c2)C(OCc2ccc(OC(F)(F)F)c(F)c2)=C1OCc1ccc(OC(F)(F)F)c(F)c1. The summed E-state index contributed by atoms with van der Waals surface area (Å²) in [6, 6.07) is 7.17. The van der Waals surface area contributed by atoms with Crippen LogP contribution in [-0.2, 0) is 63.6 Å². The fourth-order valence-electron chi connectivity index (χ4n) is 5.47. The number of hydrogen-bond donors (Lipinski definition) is 2. The van der Waals surface area contributed by atoms with Crippen LogP contribution in [0.5, 0.6) is 17.2 Å². The van der Waals surface area contributed by atoms with E-state index in [1.807, 2.05) is 0 Å². The summed E-state index contributed by atoms with van der Waals surface area (Å²) in [5.74, 6) is -13.7. The predicted molar refractivity (Wildman–Crippen MR) is 191 cm³/mol. The van der Waals surface area contributed by atoms with Crippen molar-refractivity contribution in [2.75, 3.05) is 11.9 Å². The van der Waals surface area contributed by atoms with E-state index in [2.05, 4.69) is 14.2 Å². The lowest BCUT2D eigenvalue weighted by molar-refractivity contribution is -0.276. The van der Waals surface area contributed by atoms with Crippen molar-refractivity contribution in [3.63, 3.8) is 0 Å². The van der Waals surface area contributed by atoms with Gasteiger partial charge in [-0.05, 0) is 70.8 Å². The van der Waals surface area contributed by atoms with Crippen molar-refractivity contribution < 1.29 is 127 Å². The monoisotopic (exact) mass is 1020 g/mol. The van der Waals surface area contributed by atoms with Crippen molar-refractivity contribution in [3.8, 4) is 17.2 Å². The summed E-state index contributed by atoms with van der Waals surface area (Å²) < 4.78 is 268. The molecule has 0 radical (unpaired) electrons. The molecule has 0 saturated carbocycles. The Hall–Kier alpha value is -6.16. The third-order valence-corrected chi connectivity index (χ3v) is 9.64. The Kier molecular flexibility index (Phi) is 16.3. The van der Waals surface area contributed by atoms with Crippen molar-refractivity contribution >= 4 is 19.5 Å². The number of cyclic esters (lactones) is 1. The van der Waals surface area contributed by atoms with Crippen LogP contribution in [-0.4, -0.2) is 55.3 Å². The van der Waals surface area contributed by atoms with Crippen LogP contribution in [0.25, 0.3) is 0 Å². The lowest BCUT2D eigenvalue weighted by Gasteiger charge is -2.27. The number of anilines is 1. The highest BCUT2D eigenvalue weighted by molar-refractivity contribution is 7.48. The zero-order valence-corrected chi connectivity index (χ0v) is 33.9. The summed E-state index contributed by atoms with van der Waals surface area (Å²) in [6.45, 7) is -5.44. The second kappa shape index (κ2) is 21.0. The van der Waals surface area contributed by atoms with Crippen molar-refractivity contribution in [1.82, 2.24) is 0 Å². The molecule has 3 atom stereocenters. The van der Waals surface area contributed by atoms with Gasteiger partial charge in [-0.2, -0.15) is 13.2 Å². The second-order valence-electron chi connectivity index (χ2n) is 13.3. The molecule has 372 valence electrons. The molecule has 0 amide bonds. The number of rotatable bonds is 20. The van der Waals surface area contributed by atoms with E-state index < -0.39 is 148 Å². The molecule has 0 aromatic heterocycles. The van der Waals surface area contributed by atoms with E-state index in [4.69, 9.17) is 27.8 Å². The number of benzene rings is 4. The van der Waals surface area contributed by atoms with E-state index in [0.29, 0.717) is 48.5 Å². The maximum Gasteiger partial charge on any atom is 0.573 e. The summed E-state index contributed by atoms with van der Waals surface area (Å²) in [5, 5.41) is 11.4. The van der Waals surface area contributed by atoms with E-state index in [-0.39, 0.29) is 16.7 Å². The van der Waals surface area contributed by atoms with Crippen LogP contribution < -0.4 is 19.5 Å². The van der Waals surface area contributed by atoms with E-state index in [9.17, 15) is 84.7 Å². The van der Waals surface area contributed by atoms with Crippen LogP contribution >= 0.6 is 7.82 Å². The molecule has 4 aromatic carbocycles. The molecular formula is C38H26F16NO12P. The van der Waals surface area contributed by atoms with Crippen molar-refractivity contribution in [2.24, 2.45) is 0 Å². The molecule has 30 heteroatoms. The van der Waals surface area contributed by atoms with Crippen LogP contribution in [0.3, 0.4) is 0 Å². The summed E-state index contributed by atoms with van der Waals surface area (Å²) in [4.78, 5) is 13.3. The number of phosphoric acid groups is 1. The average molecular weight is 1020 g/mol. The van der Waals surface area contributed by atoms with Gasteiger partial charge >= 0.3 is 39.2 Å². The first-order chi connectivity index (χ1) is 31.5. The Morgan fingerprint density at radius 3 is 1.37 bits per heavy atom. The highest BCUT2D eigenvalue weighted by Crippen LogP contribution is 2.53. The topological polar surface area (TPSA) is 149 Å². The molecule has 1 heterocycles. The number of alkyl halides is 12. The molecule has 0 aliphatic carbocycles. The number of phosphoric ester groups is 1. The Bertz CT molecular complexity index is 2440. The number of hydrogen-bond acceptors (Lipinski definition) is 13. The molecule has 2 N–H and O–H groups in total. The maximum absolute atomic E-state index is 14.6. The van der Waals surface area contributed by atoms with Gasteiger partial charge < -0.3 is 33.5 Å². The second-order valence-corrected chi connectivity index (χ2v) is 14.9. The van der Waals surface area contributed by atoms with Gasteiger partial charge in [0.1, 0.15) is 25.1 Å². The fourth-order valence-corrected chi connectivity index (χ4v) is 6.79. The van der Waals surface area contributed by atoms with Crippen LogP contribution in [0.1, 0.15) is 22.3 Å². The minimum Gasteiger partial charge on any atom is -0.485 e. The number of ether oxygens (including phenoxy) is 6. The maximum atomic E-state index is 14.6. The largest absolute Gasteiger partial charge is 0.573 e. The summed E-state index contributed by atoms with van der Waals surface area (Å²) in [5.41, 5.74) is -2.49. The summed E-state index contributed by atoms with van der Waals surface area (Å²) in [6.07, 6.45) is -25.5. The van der Waals surface area contributed by atoms with Gasteiger partial charge in [0.2, 0.25) is 5.76 Å². The lowest BCUT2D eigenvalue weighted by atomic mass is 10.1. The minimum atomic E-state index is -5.47. The van der Waals surface area contributed by atoms with Gasteiger partial charge in [0.25, 0.3) is 0 Å². The van der Waals surface area contributed by atoms with Gasteiger partial charge in [-0.1, -0.05) is 24.3 Å². The molecule has 5 rings (SSSR count). The Morgan fingerprint density at radius 1 is 0.588 bits per heavy atom. The van der Waals surface area contributed by atoms with E-state index >= 15 is 0 Å². The van der Waals surface area contributed by atoms with Gasteiger partial charge in [-0.15, -0.1) is 39.5 Å². The highest BCUT2D eigenvalue weighted by Gasteiger charge is 2.47. The zero-order chi connectivity index (χ0) is 50.4. The molecule has 0 saturated heterocycles. The van der Waals surface area contributed by atoms with Gasteiger partial charge in [0, 0.05) is 0 Å². The lowest BCUT2D eigenvalue weighted by Crippen LogP contribution is -2.35. The molecule has 3 unspecified atom stereocenters. The number of aliphatic hydroxyl groups is 1. The van der Waals surface area contributed by atoms with Crippen LogP contribution in [0.4, 0.5) is 75.9 Å². The summed E-state index contributed by atoms with van der Waals surface area (Å²) >= 11 is 0. The van der Waals surface area contributed by atoms with E-state index in [1.165, 1.54) is 0 Å². The van der Waals surface area contributed by atoms with Crippen LogP contribution in [0.15, 0.2) is 84.3 Å². The van der Waals surface area contributed by atoms with Gasteiger partial charge in [-0.25, -0.2) is 26.9 Å². The van der Waals surface area contributed by atoms with Crippen LogP contribution in [0, 0.1) is 23.3 Å². The molecule has 1 aliphatic rings. The molecule has 4 aromatic rings. The molecule has 68 heavy (non-hydrogen) atoms. The highest BCUT2D eigenvalue weighted by atomic mass is 31.2. The van der Waals surface area contributed by atoms with Crippen molar-refractivity contribution in [3.05, 3.63) is 130 Å². The first kappa shape index (κ1) is 52.8. The zero-order valence-electron chi connectivity index (χ0n) is 33.1. The Labute approximate surface area is 369 Å². The van der Waals surface area contributed by atoms with Crippen molar-refractivity contribution in [1.29, 1.82) is 0 Å². The average Bonchev–Trinajstić information content (AvgIpc) is 3.52. The van der Waals surface area contributed by atoms with E-state index in [1.54, 1.807) is 0 Å². The molecule has 13 nitrogen and oxygen atoms in total. The normalized spacial score (nSPS) is 16.0. The quantitative estimate of drug-likeness (QED) is 0.0375. The minimum absolute atomic E-state index is 0.295. The summed E-state index contributed by atoms with van der Waals surface area (Å²) in [7, 11) is -5.47. The Morgan fingerprint density at radius 2 is 0.985 bits per heavy atom. The first-order valence-corrected chi connectivity index (χ1v) is 19.6. The van der Waals surface area contributed by atoms with Gasteiger partial charge in [0.15, 0.2) is 46.6 Å². The number of nitrogens with one attached hydrogen (secondary N) is 1. The fraction of sp³-hybridized carbons (Fsp3) is 0.289. The third-order valence-electron chi connectivity index (χ3n) is 8.22. The number of carbonyl (C=O) groups excluding carboxylic acids is 1. The van der Waals surface area contributed by atoms with Gasteiger partial charge in [0.05, 0.1) is 25.5 Å².